The average Bonchev–Trinajstić information content (AvgIpc) is 2.79. The van der Waals surface area contributed by atoms with E-state index in [1.165, 1.54) is 0 Å². The van der Waals surface area contributed by atoms with E-state index in [0.717, 1.165) is 38.2 Å². The third-order valence-electron chi connectivity index (χ3n) is 5.11. The zero-order valence-corrected chi connectivity index (χ0v) is 13.2. The molecule has 1 aromatic rings. The number of aromatic nitrogens is 1. The van der Waals surface area contributed by atoms with Crippen LogP contribution >= 0.6 is 0 Å². The monoisotopic (exact) mass is 303 g/mol. The van der Waals surface area contributed by atoms with E-state index in [2.05, 4.69) is 9.88 Å². The number of nitrogens with zero attached hydrogens (tertiary/aromatic N) is 3. The molecule has 22 heavy (non-hydrogen) atoms. The fourth-order valence-corrected chi connectivity index (χ4v) is 4.11. The zero-order valence-electron chi connectivity index (χ0n) is 13.2. The van der Waals surface area contributed by atoms with Crippen LogP contribution in [0.15, 0.2) is 24.4 Å². The van der Waals surface area contributed by atoms with E-state index in [1.807, 2.05) is 30.1 Å². The van der Waals surface area contributed by atoms with Gasteiger partial charge in [0.2, 0.25) is 5.91 Å². The van der Waals surface area contributed by atoms with Crippen molar-refractivity contribution in [1.29, 1.82) is 0 Å². The number of carbonyl (C=O) groups is 1. The van der Waals surface area contributed by atoms with Crippen molar-refractivity contribution in [3.63, 3.8) is 0 Å². The van der Waals surface area contributed by atoms with Crippen molar-refractivity contribution < 1.29 is 9.90 Å². The van der Waals surface area contributed by atoms with Crippen LogP contribution in [0, 0.1) is 17.8 Å². The van der Waals surface area contributed by atoms with Crippen LogP contribution in [0.2, 0.25) is 0 Å². The molecule has 2 aliphatic rings. The first-order valence-corrected chi connectivity index (χ1v) is 8.17. The summed E-state index contributed by atoms with van der Waals surface area (Å²) in [6, 6.07) is 5.81. The molecule has 0 aromatic carbocycles. The molecule has 1 aliphatic heterocycles. The smallest absolute Gasteiger partial charge is 0.226 e. The summed E-state index contributed by atoms with van der Waals surface area (Å²) in [7, 11) is 1.89. The summed E-state index contributed by atoms with van der Waals surface area (Å²) in [5, 5.41) is 9.12. The molecule has 0 radical (unpaired) electrons. The van der Waals surface area contributed by atoms with Crippen LogP contribution < -0.4 is 0 Å². The predicted octanol–water partition coefficient (Wildman–Crippen LogP) is 0.990. The Morgan fingerprint density at radius 2 is 2.09 bits per heavy atom. The van der Waals surface area contributed by atoms with Crippen LogP contribution in [0.5, 0.6) is 0 Å². The molecule has 1 amide bonds. The summed E-state index contributed by atoms with van der Waals surface area (Å²) in [6.07, 6.45) is 4.05. The predicted molar refractivity (Wildman–Crippen MR) is 83.9 cm³/mol. The number of piperidine rings is 1. The molecule has 120 valence electrons. The number of aliphatic hydroxyl groups excluding tert-OH is 1. The fourth-order valence-electron chi connectivity index (χ4n) is 4.11. The van der Waals surface area contributed by atoms with E-state index in [-0.39, 0.29) is 18.4 Å². The summed E-state index contributed by atoms with van der Waals surface area (Å²) in [4.78, 5) is 21.3. The molecule has 0 spiro atoms. The Morgan fingerprint density at radius 3 is 2.68 bits per heavy atom. The van der Waals surface area contributed by atoms with Crippen molar-refractivity contribution >= 4 is 5.91 Å². The second-order valence-electron chi connectivity index (χ2n) is 6.62. The first-order chi connectivity index (χ1) is 10.7. The van der Waals surface area contributed by atoms with Gasteiger partial charge in [-0.25, -0.2) is 0 Å². The van der Waals surface area contributed by atoms with Gasteiger partial charge in [-0.3, -0.25) is 9.78 Å². The zero-order chi connectivity index (χ0) is 15.5. The SMILES string of the molecule is CN(Cc1ccccn1)C(=O)C1[C@H]2CC[C@H]1CN(CCO)C2. The molecular weight excluding hydrogens is 278 g/mol. The maximum absolute atomic E-state index is 12.9. The van der Waals surface area contributed by atoms with Crippen molar-refractivity contribution in [2.45, 2.75) is 19.4 Å². The number of hydrogen-bond acceptors (Lipinski definition) is 4. The third kappa shape index (κ3) is 3.15. The summed E-state index contributed by atoms with van der Waals surface area (Å²) in [6.45, 7) is 3.42. The number of rotatable bonds is 5. The minimum absolute atomic E-state index is 0.156. The highest BCUT2D eigenvalue weighted by atomic mass is 16.3. The van der Waals surface area contributed by atoms with E-state index >= 15 is 0 Å². The first kappa shape index (κ1) is 15.4. The molecule has 1 aromatic heterocycles. The van der Waals surface area contributed by atoms with Gasteiger partial charge in [0.1, 0.15) is 0 Å². The highest BCUT2D eigenvalue weighted by Gasteiger charge is 2.46. The number of hydrogen-bond donors (Lipinski definition) is 1. The number of aliphatic hydroxyl groups is 1. The molecule has 2 fully saturated rings. The average molecular weight is 303 g/mol. The van der Waals surface area contributed by atoms with E-state index < -0.39 is 0 Å². The van der Waals surface area contributed by atoms with Crippen LogP contribution in [-0.2, 0) is 11.3 Å². The Bertz CT molecular complexity index is 494. The normalized spacial score (nSPS) is 27.8. The van der Waals surface area contributed by atoms with Crippen molar-refractivity contribution in [3.05, 3.63) is 30.1 Å². The molecule has 0 unspecified atom stereocenters. The molecule has 2 atom stereocenters. The topological polar surface area (TPSA) is 56.7 Å². The largest absolute Gasteiger partial charge is 0.395 e. The molecular formula is C17H25N3O2. The summed E-state index contributed by atoms with van der Waals surface area (Å²) < 4.78 is 0. The fraction of sp³-hybridized carbons (Fsp3) is 0.647. The summed E-state index contributed by atoms with van der Waals surface area (Å²) >= 11 is 0. The Labute approximate surface area is 131 Å². The number of fused-ring (bicyclic) bond motifs is 2. The van der Waals surface area contributed by atoms with Gasteiger partial charge >= 0.3 is 0 Å². The van der Waals surface area contributed by atoms with E-state index in [4.69, 9.17) is 5.11 Å². The third-order valence-corrected chi connectivity index (χ3v) is 5.11. The van der Waals surface area contributed by atoms with Crippen LogP contribution in [-0.4, -0.2) is 59.1 Å². The molecule has 1 saturated carbocycles. The van der Waals surface area contributed by atoms with Gasteiger partial charge in [0.05, 0.1) is 18.8 Å². The lowest BCUT2D eigenvalue weighted by molar-refractivity contribution is -0.139. The number of carbonyl (C=O) groups excluding carboxylic acids is 1. The molecule has 2 heterocycles. The van der Waals surface area contributed by atoms with Gasteiger partial charge in [0.15, 0.2) is 0 Å². The minimum Gasteiger partial charge on any atom is -0.395 e. The lowest BCUT2D eigenvalue weighted by atomic mass is 9.84. The summed E-state index contributed by atoms with van der Waals surface area (Å²) in [5.41, 5.74) is 0.934. The lowest BCUT2D eigenvalue weighted by Gasteiger charge is -2.38. The van der Waals surface area contributed by atoms with Gasteiger partial charge in [-0.05, 0) is 36.8 Å². The first-order valence-electron chi connectivity index (χ1n) is 8.17. The van der Waals surface area contributed by atoms with Crippen LogP contribution in [0.25, 0.3) is 0 Å². The van der Waals surface area contributed by atoms with Crippen molar-refractivity contribution in [2.24, 2.45) is 17.8 Å². The van der Waals surface area contributed by atoms with Crippen LogP contribution in [0.3, 0.4) is 0 Å². The van der Waals surface area contributed by atoms with Crippen LogP contribution in [0.1, 0.15) is 18.5 Å². The number of amides is 1. The van der Waals surface area contributed by atoms with Gasteiger partial charge in [-0.1, -0.05) is 6.07 Å². The van der Waals surface area contributed by atoms with Crippen LogP contribution in [0.4, 0.5) is 0 Å². The van der Waals surface area contributed by atoms with E-state index in [9.17, 15) is 4.79 Å². The molecule has 3 rings (SSSR count). The molecule has 1 N–H and O–H groups in total. The highest BCUT2D eigenvalue weighted by molar-refractivity contribution is 5.79. The molecule has 2 bridgehead atoms. The van der Waals surface area contributed by atoms with Crippen molar-refractivity contribution in [3.8, 4) is 0 Å². The Balaban J connectivity index is 1.63. The van der Waals surface area contributed by atoms with Gasteiger partial charge in [0.25, 0.3) is 0 Å². The van der Waals surface area contributed by atoms with E-state index in [0.29, 0.717) is 18.4 Å². The summed E-state index contributed by atoms with van der Waals surface area (Å²) in [5.74, 6) is 1.32. The Kier molecular flexibility index (Phi) is 4.74. The van der Waals surface area contributed by atoms with E-state index in [1.54, 1.807) is 6.20 Å². The van der Waals surface area contributed by atoms with Crippen molar-refractivity contribution in [2.75, 3.05) is 33.3 Å². The maximum atomic E-state index is 12.9. The Morgan fingerprint density at radius 1 is 1.36 bits per heavy atom. The second-order valence-corrected chi connectivity index (χ2v) is 6.62. The highest BCUT2D eigenvalue weighted by Crippen LogP contribution is 2.42. The molecule has 5 heteroatoms. The maximum Gasteiger partial charge on any atom is 0.226 e. The molecule has 5 nitrogen and oxygen atoms in total. The number of likely N-dealkylation sites (tertiary alicyclic amines) is 1. The lowest BCUT2D eigenvalue weighted by Crippen LogP contribution is -2.48. The Hall–Kier alpha value is -1.46. The minimum atomic E-state index is 0.156. The van der Waals surface area contributed by atoms with Gasteiger partial charge in [-0.2, -0.15) is 0 Å². The standard InChI is InChI=1S/C17H25N3O2/c1-19(12-15-4-2-3-7-18-15)17(22)16-13-5-6-14(16)11-20(10-13)8-9-21/h2-4,7,13-14,16,21H,5-6,8-12H2,1H3/t13-,14-/m0/s1. The molecule has 1 aliphatic carbocycles. The quantitative estimate of drug-likeness (QED) is 0.881. The van der Waals surface area contributed by atoms with Gasteiger partial charge in [0, 0.05) is 38.8 Å². The van der Waals surface area contributed by atoms with Gasteiger partial charge < -0.3 is 14.9 Å². The second kappa shape index (κ2) is 6.75. The molecule has 1 saturated heterocycles. The number of pyridine rings is 1. The number of β-amino-alcohol motifs (C(OH)–C–C–N with tert-alkyl or cyclic N) is 1. The van der Waals surface area contributed by atoms with Gasteiger partial charge in [-0.15, -0.1) is 0 Å². The van der Waals surface area contributed by atoms with Crippen molar-refractivity contribution in [1.82, 2.24) is 14.8 Å².